The van der Waals surface area contributed by atoms with Crippen LogP contribution in [0.4, 0.5) is 5.82 Å². The number of fused-ring (bicyclic) bond motifs is 1. The lowest BCUT2D eigenvalue weighted by molar-refractivity contribution is -0.143. The first-order chi connectivity index (χ1) is 14.0. The molecule has 4 heterocycles. The van der Waals surface area contributed by atoms with Gasteiger partial charge in [0.25, 0.3) is 0 Å². The number of amides is 2. The normalized spacial score (nSPS) is 22.0. The molecule has 158 valence electrons. The minimum Gasteiger partial charge on any atom is -0.373 e. The Balaban J connectivity index is 1.53. The fourth-order valence-corrected chi connectivity index (χ4v) is 4.77. The third-order valence-electron chi connectivity index (χ3n) is 6.65. The first kappa shape index (κ1) is 20.1. The summed E-state index contributed by atoms with van der Waals surface area (Å²) in [5.41, 5.74) is 2.08. The average Bonchev–Trinajstić information content (AvgIpc) is 3.17. The highest BCUT2D eigenvalue weighted by Crippen LogP contribution is 2.30. The van der Waals surface area contributed by atoms with Crippen LogP contribution >= 0.6 is 0 Å². The fraction of sp³-hybridized carbons (Fsp3) is 0.714. The summed E-state index contributed by atoms with van der Waals surface area (Å²) >= 11 is 0. The summed E-state index contributed by atoms with van der Waals surface area (Å²) in [5.74, 6) is 2.29. The molecular weight excluding hydrogens is 368 g/mol. The van der Waals surface area contributed by atoms with Crippen molar-refractivity contribution in [3.8, 4) is 0 Å². The molecule has 3 aliphatic heterocycles. The van der Waals surface area contributed by atoms with E-state index in [1.165, 1.54) is 0 Å². The van der Waals surface area contributed by atoms with E-state index in [0.717, 1.165) is 61.7 Å². The molecule has 8 nitrogen and oxygen atoms in total. The van der Waals surface area contributed by atoms with Crippen molar-refractivity contribution in [3.63, 3.8) is 0 Å². The Hall–Kier alpha value is -2.22. The van der Waals surface area contributed by atoms with Crippen molar-refractivity contribution in [2.75, 3.05) is 45.6 Å². The standard InChI is InChI=1S/C21H32N6O2/c1-14(27-9-4-5-18(27)28)21(29)26-12-8-16-17(13-26)23-19(24-20(16)22-2)15-6-10-25(3)11-7-15/h14-15H,4-13H2,1-3H3,(H,22,23,24)/t14-/m0/s1. The van der Waals surface area contributed by atoms with Crippen LogP contribution in [0.3, 0.4) is 0 Å². The maximum Gasteiger partial charge on any atom is 0.245 e. The number of anilines is 1. The number of nitrogens with zero attached hydrogens (tertiary/aromatic N) is 5. The SMILES string of the molecule is CNc1nc(C2CCN(C)CC2)nc2c1CCN(C(=O)[C@H](C)N1CCCC1=O)C2. The van der Waals surface area contributed by atoms with Gasteiger partial charge in [-0.25, -0.2) is 9.97 Å². The summed E-state index contributed by atoms with van der Waals surface area (Å²) in [7, 11) is 4.05. The van der Waals surface area contributed by atoms with Gasteiger partial charge in [-0.05, 0) is 52.7 Å². The van der Waals surface area contributed by atoms with E-state index in [4.69, 9.17) is 9.97 Å². The molecule has 0 radical (unpaired) electrons. The van der Waals surface area contributed by atoms with Crippen LogP contribution < -0.4 is 5.32 Å². The summed E-state index contributed by atoms with van der Waals surface area (Å²) in [6.07, 6.45) is 4.27. The molecule has 0 aromatic carbocycles. The number of rotatable bonds is 4. The predicted molar refractivity (Wildman–Crippen MR) is 111 cm³/mol. The van der Waals surface area contributed by atoms with Crippen molar-refractivity contribution in [1.29, 1.82) is 0 Å². The lowest BCUT2D eigenvalue weighted by atomic mass is 9.95. The molecular formula is C21H32N6O2. The van der Waals surface area contributed by atoms with E-state index in [9.17, 15) is 9.59 Å². The zero-order chi connectivity index (χ0) is 20.5. The third kappa shape index (κ3) is 3.95. The number of carbonyl (C=O) groups excluding carboxylic acids is 2. The van der Waals surface area contributed by atoms with E-state index in [2.05, 4.69) is 17.3 Å². The minimum absolute atomic E-state index is 0.0244. The van der Waals surface area contributed by atoms with E-state index in [0.29, 0.717) is 32.0 Å². The fourth-order valence-electron chi connectivity index (χ4n) is 4.77. The molecule has 1 aromatic rings. The van der Waals surface area contributed by atoms with E-state index in [1.54, 1.807) is 4.90 Å². The predicted octanol–water partition coefficient (Wildman–Crippen LogP) is 1.22. The zero-order valence-corrected chi connectivity index (χ0v) is 17.8. The van der Waals surface area contributed by atoms with E-state index < -0.39 is 6.04 Å². The maximum atomic E-state index is 13.1. The van der Waals surface area contributed by atoms with Gasteiger partial charge in [0.15, 0.2) is 0 Å². The molecule has 8 heteroatoms. The monoisotopic (exact) mass is 400 g/mol. The summed E-state index contributed by atoms with van der Waals surface area (Å²) in [5, 5.41) is 3.24. The van der Waals surface area contributed by atoms with Gasteiger partial charge in [-0.15, -0.1) is 0 Å². The number of hydrogen-bond acceptors (Lipinski definition) is 6. The number of nitrogens with one attached hydrogen (secondary N) is 1. The molecule has 2 saturated heterocycles. The Morgan fingerprint density at radius 3 is 2.55 bits per heavy atom. The Bertz CT molecular complexity index is 790. The first-order valence-corrected chi connectivity index (χ1v) is 10.8. The first-order valence-electron chi connectivity index (χ1n) is 10.8. The smallest absolute Gasteiger partial charge is 0.245 e. The van der Waals surface area contributed by atoms with Gasteiger partial charge in [0.2, 0.25) is 11.8 Å². The van der Waals surface area contributed by atoms with Crippen LogP contribution in [0, 0.1) is 0 Å². The molecule has 1 aromatic heterocycles. The molecule has 2 fully saturated rings. The second kappa shape index (κ2) is 8.26. The lowest BCUT2D eigenvalue weighted by Crippen LogP contribution is -2.49. The lowest BCUT2D eigenvalue weighted by Gasteiger charge is -2.34. The number of likely N-dealkylation sites (tertiary alicyclic amines) is 2. The Morgan fingerprint density at radius 1 is 1.14 bits per heavy atom. The number of carbonyl (C=O) groups is 2. The van der Waals surface area contributed by atoms with Crippen molar-refractivity contribution in [1.82, 2.24) is 24.7 Å². The van der Waals surface area contributed by atoms with Gasteiger partial charge in [-0.1, -0.05) is 0 Å². The molecule has 2 amide bonds. The molecule has 3 aliphatic rings. The van der Waals surface area contributed by atoms with Crippen LogP contribution in [-0.4, -0.2) is 82.8 Å². The van der Waals surface area contributed by atoms with Gasteiger partial charge in [0.1, 0.15) is 17.7 Å². The third-order valence-corrected chi connectivity index (χ3v) is 6.65. The molecule has 0 unspecified atom stereocenters. The van der Waals surface area contributed by atoms with Gasteiger partial charge >= 0.3 is 0 Å². The Morgan fingerprint density at radius 2 is 1.90 bits per heavy atom. The summed E-state index contributed by atoms with van der Waals surface area (Å²) < 4.78 is 0. The molecule has 0 aliphatic carbocycles. The van der Waals surface area contributed by atoms with Crippen LogP contribution in [-0.2, 0) is 22.6 Å². The van der Waals surface area contributed by atoms with Gasteiger partial charge in [-0.3, -0.25) is 9.59 Å². The molecule has 29 heavy (non-hydrogen) atoms. The zero-order valence-electron chi connectivity index (χ0n) is 17.8. The quantitative estimate of drug-likeness (QED) is 0.819. The van der Waals surface area contributed by atoms with Crippen LogP contribution in [0.15, 0.2) is 0 Å². The highest BCUT2D eigenvalue weighted by Gasteiger charge is 2.34. The van der Waals surface area contributed by atoms with Gasteiger partial charge in [0.05, 0.1) is 12.2 Å². The van der Waals surface area contributed by atoms with Crippen molar-refractivity contribution in [2.45, 2.75) is 57.5 Å². The molecule has 0 spiro atoms. The number of aromatic nitrogens is 2. The van der Waals surface area contributed by atoms with E-state index >= 15 is 0 Å². The second-order valence-electron chi connectivity index (χ2n) is 8.56. The second-order valence-corrected chi connectivity index (χ2v) is 8.56. The maximum absolute atomic E-state index is 13.1. The van der Waals surface area contributed by atoms with Crippen LogP contribution in [0.2, 0.25) is 0 Å². The summed E-state index contributed by atoms with van der Waals surface area (Å²) in [6.45, 7) is 5.80. The van der Waals surface area contributed by atoms with Gasteiger partial charge in [0, 0.05) is 38.0 Å². The Kier molecular flexibility index (Phi) is 5.72. The molecule has 4 rings (SSSR count). The molecule has 1 N–H and O–H groups in total. The van der Waals surface area contributed by atoms with Crippen LogP contribution in [0.25, 0.3) is 0 Å². The van der Waals surface area contributed by atoms with Crippen LogP contribution in [0.1, 0.15) is 55.6 Å². The molecule has 0 saturated carbocycles. The van der Waals surface area contributed by atoms with Crippen molar-refractivity contribution in [2.24, 2.45) is 0 Å². The number of piperidine rings is 1. The van der Waals surface area contributed by atoms with Crippen molar-refractivity contribution < 1.29 is 9.59 Å². The van der Waals surface area contributed by atoms with E-state index in [-0.39, 0.29) is 11.8 Å². The van der Waals surface area contributed by atoms with E-state index in [1.807, 2.05) is 18.9 Å². The highest BCUT2D eigenvalue weighted by molar-refractivity contribution is 5.88. The van der Waals surface area contributed by atoms with Crippen LogP contribution in [0.5, 0.6) is 0 Å². The van der Waals surface area contributed by atoms with Crippen molar-refractivity contribution >= 4 is 17.6 Å². The summed E-state index contributed by atoms with van der Waals surface area (Å²) in [6, 6.07) is -0.398. The van der Waals surface area contributed by atoms with Crippen molar-refractivity contribution in [3.05, 3.63) is 17.1 Å². The summed E-state index contributed by atoms with van der Waals surface area (Å²) in [4.78, 5) is 40.8. The van der Waals surface area contributed by atoms with Gasteiger partial charge in [-0.2, -0.15) is 0 Å². The topological polar surface area (TPSA) is 81.7 Å². The molecule has 1 atom stereocenters. The molecule has 0 bridgehead atoms. The highest BCUT2D eigenvalue weighted by atomic mass is 16.2. The Labute approximate surface area is 172 Å². The number of hydrogen-bond donors (Lipinski definition) is 1. The van der Waals surface area contributed by atoms with Gasteiger partial charge < -0.3 is 20.0 Å². The largest absolute Gasteiger partial charge is 0.373 e. The average molecular weight is 401 g/mol. The minimum atomic E-state index is -0.398.